The SMILES string of the molecule is Cc1nc(N(c2ccc(F)c(F)c2)C(C)C(=O)NC(C)C(N)=O)sc1C(=O)c1ccc(OC(F)F)cc1. The van der Waals surface area contributed by atoms with Crippen molar-refractivity contribution in [3.8, 4) is 5.75 Å². The number of aryl methyl sites for hydroxylation is 1. The summed E-state index contributed by atoms with van der Waals surface area (Å²) < 4.78 is 56.8. The van der Waals surface area contributed by atoms with Crippen LogP contribution in [0.15, 0.2) is 42.5 Å². The number of hydrogen-bond donors (Lipinski definition) is 2. The summed E-state index contributed by atoms with van der Waals surface area (Å²) in [6, 6.07) is 5.95. The number of carbonyl (C=O) groups is 3. The summed E-state index contributed by atoms with van der Waals surface area (Å²) in [5.41, 5.74) is 5.73. The summed E-state index contributed by atoms with van der Waals surface area (Å²) in [4.78, 5) is 43.2. The summed E-state index contributed by atoms with van der Waals surface area (Å²) >= 11 is 0.887. The highest BCUT2D eigenvalue weighted by Crippen LogP contribution is 2.35. The van der Waals surface area contributed by atoms with Crippen molar-refractivity contribution in [1.82, 2.24) is 10.3 Å². The molecule has 1 heterocycles. The van der Waals surface area contributed by atoms with Crippen molar-refractivity contribution in [2.75, 3.05) is 4.90 Å². The van der Waals surface area contributed by atoms with Crippen LogP contribution in [0.1, 0.15) is 34.8 Å². The zero-order chi connectivity index (χ0) is 27.4. The lowest BCUT2D eigenvalue weighted by molar-refractivity contribution is -0.127. The number of hydrogen-bond acceptors (Lipinski definition) is 7. The molecule has 0 spiro atoms. The maximum absolute atomic E-state index is 14.1. The molecule has 0 aliphatic heterocycles. The lowest BCUT2D eigenvalue weighted by Crippen LogP contribution is -2.49. The largest absolute Gasteiger partial charge is 0.435 e. The van der Waals surface area contributed by atoms with Gasteiger partial charge in [0.25, 0.3) is 0 Å². The van der Waals surface area contributed by atoms with E-state index >= 15 is 0 Å². The highest BCUT2D eigenvalue weighted by Gasteiger charge is 2.30. The van der Waals surface area contributed by atoms with Crippen molar-refractivity contribution in [3.63, 3.8) is 0 Å². The number of primary amides is 1. The molecule has 2 aromatic carbocycles. The Morgan fingerprint density at radius 2 is 1.70 bits per heavy atom. The maximum atomic E-state index is 14.1. The Balaban J connectivity index is 1.99. The van der Waals surface area contributed by atoms with E-state index in [9.17, 15) is 31.9 Å². The molecule has 3 N–H and O–H groups in total. The number of nitrogens with two attached hydrogens (primary N) is 1. The number of anilines is 2. The number of benzene rings is 2. The fourth-order valence-corrected chi connectivity index (χ4v) is 4.40. The predicted molar refractivity (Wildman–Crippen MR) is 128 cm³/mol. The Labute approximate surface area is 213 Å². The summed E-state index contributed by atoms with van der Waals surface area (Å²) in [6.45, 7) is 1.37. The normalized spacial score (nSPS) is 12.6. The molecule has 37 heavy (non-hydrogen) atoms. The molecule has 0 fully saturated rings. The van der Waals surface area contributed by atoms with Crippen LogP contribution >= 0.6 is 11.3 Å². The molecule has 3 aromatic rings. The minimum atomic E-state index is -3.01. The van der Waals surface area contributed by atoms with Gasteiger partial charge in [0.2, 0.25) is 17.6 Å². The molecule has 3 rings (SSSR count). The highest BCUT2D eigenvalue weighted by atomic mass is 32.1. The number of carbonyl (C=O) groups excluding carboxylic acids is 3. The quantitative estimate of drug-likeness (QED) is 0.297. The first-order chi connectivity index (χ1) is 17.4. The van der Waals surface area contributed by atoms with Crippen LogP contribution in [-0.4, -0.2) is 41.3 Å². The van der Waals surface area contributed by atoms with Gasteiger partial charge in [-0.2, -0.15) is 8.78 Å². The van der Waals surface area contributed by atoms with Crippen molar-refractivity contribution in [2.45, 2.75) is 39.5 Å². The molecule has 0 saturated heterocycles. The van der Waals surface area contributed by atoms with E-state index in [1.54, 1.807) is 6.92 Å². The molecular formula is C24H22F4N4O4S. The standard InChI is InChI=1S/C24H22F4N4O4S/c1-11-20(19(33)14-4-7-16(8-5-14)36-23(27)28)37-24(31-11)32(15-6-9-17(25)18(26)10-15)13(3)22(35)30-12(2)21(29)34/h4-10,12-13,23H,1-3H3,(H2,29,34)(H,30,35). The monoisotopic (exact) mass is 538 g/mol. The minimum Gasteiger partial charge on any atom is -0.435 e. The van der Waals surface area contributed by atoms with E-state index in [-0.39, 0.29) is 32.7 Å². The van der Waals surface area contributed by atoms with E-state index in [1.165, 1.54) is 49.1 Å². The molecule has 2 unspecified atom stereocenters. The van der Waals surface area contributed by atoms with Gasteiger partial charge in [0.15, 0.2) is 16.8 Å². The predicted octanol–water partition coefficient (Wildman–Crippen LogP) is 4.08. The number of ether oxygens (including phenoxy) is 1. The Morgan fingerprint density at radius 3 is 2.27 bits per heavy atom. The zero-order valence-electron chi connectivity index (χ0n) is 19.8. The van der Waals surface area contributed by atoms with Crippen molar-refractivity contribution < 1.29 is 36.7 Å². The van der Waals surface area contributed by atoms with E-state index in [4.69, 9.17) is 5.73 Å². The van der Waals surface area contributed by atoms with Crippen LogP contribution in [0, 0.1) is 18.6 Å². The Hall–Kier alpha value is -4.00. The average molecular weight is 539 g/mol. The van der Waals surface area contributed by atoms with Crippen LogP contribution in [-0.2, 0) is 9.59 Å². The lowest BCUT2D eigenvalue weighted by Gasteiger charge is -2.29. The summed E-state index contributed by atoms with van der Waals surface area (Å²) in [5, 5.41) is 2.55. The summed E-state index contributed by atoms with van der Waals surface area (Å²) in [7, 11) is 0. The van der Waals surface area contributed by atoms with Crippen molar-refractivity contribution in [2.24, 2.45) is 5.73 Å². The van der Waals surface area contributed by atoms with Crippen LogP contribution in [0.25, 0.3) is 0 Å². The first-order valence-electron chi connectivity index (χ1n) is 10.8. The van der Waals surface area contributed by atoms with Gasteiger partial charge in [-0.25, -0.2) is 13.8 Å². The molecule has 0 saturated carbocycles. The zero-order valence-corrected chi connectivity index (χ0v) is 20.6. The van der Waals surface area contributed by atoms with Gasteiger partial charge in [-0.05, 0) is 57.2 Å². The van der Waals surface area contributed by atoms with Gasteiger partial charge in [-0.1, -0.05) is 11.3 Å². The third-order valence-electron chi connectivity index (χ3n) is 5.27. The number of ketones is 1. The molecule has 196 valence electrons. The van der Waals surface area contributed by atoms with Crippen LogP contribution in [0.2, 0.25) is 0 Å². The Bertz CT molecular complexity index is 1320. The fraction of sp³-hybridized carbons (Fsp3) is 0.250. The van der Waals surface area contributed by atoms with Gasteiger partial charge in [0.1, 0.15) is 17.8 Å². The number of thiazole rings is 1. The molecule has 1 aromatic heterocycles. The molecule has 2 atom stereocenters. The van der Waals surface area contributed by atoms with Gasteiger partial charge in [0.05, 0.1) is 10.6 Å². The second-order valence-corrected chi connectivity index (χ2v) is 8.90. The van der Waals surface area contributed by atoms with E-state index in [1.807, 2.05) is 0 Å². The number of nitrogens with one attached hydrogen (secondary N) is 1. The molecule has 0 bridgehead atoms. The molecule has 0 aliphatic rings. The molecule has 8 nitrogen and oxygen atoms in total. The maximum Gasteiger partial charge on any atom is 0.387 e. The van der Waals surface area contributed by atoms with Gasteiger partial charge in [-0.3, -0.25) is 14.4 Å². The van der Waals surface area contributed by atoms with E-state index < -0.39 is 47.9 Å². The van der Waals surface area contributed by atoms with Crippen LogP contribution in [0.3, 0.4) is 0 Å². The number of amides is 2. The Morgan fingerprint density at radius 1 is 1.05 bits per heavy atom. The van der Waals surface area contributed by atoms with Gasteiger partial charge < -0.3 is 20.7 Å². The topological polar surface area (TPSA) is 115 Å². The highest BCUT2D eigenvalue weighted by molar-refractivity contribution is 7.18. The molecule has 2 amide bonds. The van der Waals surface area contributed by atoms with Crippen LogP contribution in [0.4, 0.5) is 28.4 Å². The Kier molecular flexibility index (Phi) is 8.48. The van der Waals surface area contributed by atoms with E-state index in [0.717, 1.165) is 23.5 Å². The molecular weight excluding hydrogens is 516 g/mol. The number of rotatable bonds is 10. The van der Waals surface area contributed by atoms with Gasteiger partial charge in [0, 0.05) is 17.3 Å². The average Bonchev–Trinajstić information content (AvgIpc) is 3.21. The number of halogens is 4. The van der Waals surface area contributed by atoms with Crippen LogP contribution < -0.4 is 20.7 Å². The molecule has 13 heteroatoms. The molecule has 0 radical (unpaired) electrons. The number of alkyl halides is 2. The number of nitrogens with zero attached hydrogens (tertiary/aromatic N) is 2. The van der Waals surface area contributed by atoms with Crippen molar-refractivity contribution >= 4 is 39.8 Å². The molecule has 0 aliphatic carbocycles. The van der Waals surface area contributed by atoms with Crippen LogP contribution in [0.5, 0.6) is 5.75 Å². The first-order valence-corrected chi connectivity index (χ1v) is 11.6. The fourth-order valence-electron chi connectivity index (χ4n) is 3.27. The van der Waals surface area contributed by atoms with E-state index in [2.05, 4.69) is 15.0 Å². The third-order valence-corrected chi connectivity index (χ3v) is 6.43. The lowest BCUT2D eigenvalue weighted by atomic mass is 10.1. The smallest absolute Gasteiger partial charge is 0.387 e. The van der Waals surface area contributed by atoms with Gasteiger partial charge in [-0.15, -0.1) is 0 Å². The minimum absolute atomic E-state index is 0.0644. The summed E-state index contributed by atoms with van der Waals surface area (Å²) in [5.74, 6) is -4.31. The third kappa shape index (κ3) is 6.42. The van der Waals surface area contributed by atoms with Gasteiger partial charge >= 0.3 is 6.61 Å². The first kappa shape index (κ1) is 27.6. The second kappa shape index (κ2) is 11.4. The van der Waals surface area contributed by atoms with Crippen molar-refractivity contribution in [3.05, 3.63) is 70.2 Å². The van der Waals surface area contributed by atoms with Crippen molar-refractivity contribution in [1.29, 1.82) is 0 Å². The van der Waals surface area contributed by atoms with E-state index in [0.29, 0.717) is 0 Å². The number of aromatic nitrogens is 1. The second-order valence-electron chi connectivity index (χ2n) is 7.92. The summed E-state index contributed by atoms with van der Waals surface area (Å²) in [6.07, 6.45) is 0.